The maximum absolute atomic E-state index is 14.5. The highest BCUT2D eigenvalue weighted by molar-refractivity contribution is 6.26. The molecule has 0 heterocycles. The van der Waals surface area contributed by atoms with E-state index in [0.717, 1.165) is 113 Å². The number of phenolic OH excluding ortho intramolecular Hbond substituents is 4. The molecule has 0 bridgehead atoms. The number of aryl methyl sites for hydroxylation is 4. The van der Waals surface area contributed by atoms with E-state index in [-0.39, 0.29) is 62.5 Å². The van der Waals surface area contributed by atoms with E-state index in [1.807, 2.05) is 59.1 Å². The van der Waals surface area contributed by atoms with Crippen LogP contribution in [0.4, 0.5) is 26.3 Å². The standard InChI is InChI=1S/C25H30F6O2.C25H36O2.C6H15N.C6H16OSi.C5H14N2.C4H12N2/c1-15(2)5-7-17-13-19(9-11-21(17)32)23(24(26,27)28,25(29,30)31)20-10-12-22(33)18(14-20)8-6-16(3)4;1-17(2)7-9-19-15-21(11-13-23(19)26)25(5,6)22-12-14-24(27)20(16-22)10-8-18(3)4;1-2-3-4-5-6-7;1-3-4-5-6-8-7-2;1-2-4-7-5-3-6;5-3-1-2-4-6/h9-16,32-33H,5-8H2,1-4H3;11-18,26-27H,7-10H2,1-6H3;2-7H2,1H3;3-6,8H2,1-2H3;7H,2-6H2,1H3;1-6H2. The van der Waals surface area contributed by atoms with Gasteiger partial charge in [-0.1, -0.05) is 177 Å². The summed E-state index contributed by atoms with van der Waals surface area (Å²) in [6, 6.07) is 18.1. The lowest BCUT2D eigenvalue weighted by molar-refractivity contribution is -0.288. The summed E-state index contributed by atoms with van der Waals surface area (Å²) < 4.78 is 92.0. The smallest absolute Gasteiger partial charge is 0.411 e. The topological polar surface area (TPSA) is 206 Å². The first-order valence-electron chi connectivity index (χ1n) is 32.8. The molecule has 88 heavy (non-hydrogen) atoms. The van der Waals surface area contributed by atoms with Crippen molar-refractivity contribution in [3.63, 3.8) is 0 Å². The van der Waals surface area contributed by atoms with Crippen LogP contribution in [0.3, 0.4) is 0 Å². The molecule has 508 valence electrons. The van der Waals surface area contributed by atoms with Gasteiger partial charge in [-0.2, -0.15) is 26.3 Å². The molecule has 0 spiro atoms. The van der Waals surface area contributed by atoms with Crippen LogP contribution in [0, 0.1) is 23.7 Å². The van der Waals surface area contributed by atoms with Crippen molar-refractivity contribution >= 4 is 9.76 Å². The number of hydrogen-bond acceptors (Lipinski definition) is 10. The normalized spacial score (nSPS) is 11.8. The number of nitrogens with one attached hydrogen (secondary N) is 1. The van der Waals surface area contributed by atoms with Crippen LogP contribution in [0.1, 0.15) is 224 Å². The lowest BCUT2D eigenvalue weighted by Crippen LogP contribution is -2.54. The minimum Gasteiger partial charge on any atom is -0.508 e. The summed E-state index contributed by atoms with van der Waals surface area (Å²) in [5, 5.41) is 43.9. The summed E-state index contributed by atoms with van der Waals surface area (Å²) in [5.74, 6) is 1.59. The third-order valence-electron chi connectivity index (χ3n) is 15.1. The van der Waals surface area contributed by atoms with Crippen molar-refractivity contribution in [3.8, 4) is 23.0 Å². The summed E-state index contributed by atoms with van der Waals surface area (Å²) in [5.41, 5.74) is 18.7. The molecule has 13 N–H and O–H groups in total. The summed E-state index contributed by atoms with van der Waals surface area (Å²) in [4.78, 5) is 0. The van der Waals surface area contributed by atoms with E-state index in [1.165, 1.54) is 68.5 Å². The van der Waals surface area contributed by atoms with Crippen LogP contribution in [-0.2, 0) is 40.9 Å². The predicted molar refractivity (Wildman–Crippen MR) is 363 cm³/mol. The Morgan fingerprint density at radius 3 is 1.01 bits per heavy atom. The molecule has 0 aliphatic rings. The molecule has 0 unspecified atom stereocenters. The second kappa shape index (κ2) is 47.5. The molecule has 4 aromatic rings. The number of nitrogens with two attached hydrogens (primary N) is 4. The molecule has 0 aromatic heterocycles. The van der Waals surface area contributed by atoms with Gasteiger partial charge in [0.2, 0.25) is 5.41 Å². The van der Waals surface area contributed by atoms with E-state index in [1.54, 1.807) is 0 Å². The molecule has 17 heteroatoms. The number of hydrogen-bond donors (Lipinski definition) is 9. The van der Waals surface area contributed by atoms with E-state index in [0.29, 0.717) is 48.3 Å². The lowest BCUT2D eigenvalue weighted by Gasteiger charge is -2.39. The van der Waals surface area contributed by atoms with Gasteiger partial charge in [0.1, 0.15) is 23.0 Å². The Morgan fingerprint density at radius 2 is 0.739 bits per heavy atom. The number of rotatable bonds is 32. The summed E-state index contributed by atoms with van der Waals surface area (Å²) >= 11 is 0. The monoisotopic (exact) mass is 1270 g/mol. The largest absolute Gasteiger partial charge is 0.508 e. The van der Waals surface area contributed by atoms with Crippen molar-refractivity contribution in [3.05, 3.63) is 117 Å². The number of phenols is 4. The molecule has 4 rings (SSSR count). The summed E-state index contributed by atoms with van der Waals surface area (Å²) in [7, 11) is 1.72. The van der Waals surface area contributed by atoms with Crippen LogP contribution >= 0.6 is 0 Å². The summed E-state index contributed by atoms with van der Waals surface area (Å²) in [6.45, 7) is 32.5. The molecule has 0 amide bonds. The minimum absolute atomic E-state index is 0.0258. The minimum atomic E-state index is -5.73. The molecular weight excluding hydrogens is 1140 g/mol. The van der Waals surface area contributed by atoms with Gasteiger partial charge in [-0.05, 0) is 202 Å². The van der Waals surface area contributed by atoms with Crippen LogP contribution in [0.25, 0.3) is 0 Å². The number of halogens is 6. The molecule has 0 aliphatic carbocycles. The molecule has 0 saturated carbocycles. The van der Waals surface area contributed by atoms with Crippen molar-refractivity contribution in [1.29, 1.82) is 0 Å². The second-order valence-electron chi connectivity index (χ2n) is 25.2. The highest BCUT2D eigenvalue weighted by atomic mass is 28.2. The number of alkyl halides is 6. The Hall–Kier alpha value is -4.36. The van der Waals surface area contributed by atoms with Gasteiger partial charge in [0.05, 0.1) is 0 Å². The Bertz CT molecular complexity index is 2220. The highest BCUT2D eigenvalue weighted by Gasteiger charge is 2.72. The van der Waals surface area contributed by atoms with Crippen molar-refractivity contribution in [2.24, 2.45) is 46.6 Å². The molecule has 0 atom stereocenters. The van der Waals surface area contributed by atoms with Gasteiger partial charge in [0.15, 0.2) is 9.76 Å². The molecule has 4 aromatic carbocycles. The SMILES string of the molecule is CC(C)CCc1cc(C(C)(C)c2ccc(O)c(CCC(C)C)c2)ccc1O.CC(C)CCc1cc(C(c2ccc(O)c(CCC(C)C)c2)(C(F)(F)F)C(F)(F)F)ccc1O.CCCCCCN.CCCCC[SiH2]OC.CCCNCCN.NCCCCN. The maximum Gasteiger partial charge on any atom is 0.411 e. The van der Waals surface area contributed by atoms with Gasteiger partial charge in [0.25, 0.3) is 0 Å². The quantitative estimate of drug-likeness (QED) is 0.0128. The maximum atomic E-state index is 14.5. The Morgan fingerprint density at radius 1 is 0.432 bits per heavy atom. The fourth-order valence-electron chi connectivity index (χ4n) is 9.25. The first kappa shape index (κ1) is 85.7. The van der Waals surface area contributed by atoms with Crippen LogP contribution < -0.4 is 28.3 Å². The molecule has 0 fully saturated rings. The zero-order valence-corrected chi connectivity index (χ0v) is 58.3. The van der Waals surface area contributed by atoms with Gasteiger partial charge < -0.3 is 53.1 Å². The van der Waals surface area contributed by atoms with Gasteiger partial charge in [-0.25, -0.2) is 0 Å². The van der Waals surface area contributed by atoms with Crippen LogP contribution in [-0.4, -0.2) is 88.9 Å². The lowest BCUT2D eigenvalue weighted by atomic mass is 9.71. The van der Waals surface area contributed by atoms with E-state index in [9.17, 15) is 46.8 Å². The second-order valence-corrected chi connectivity index (χ2v) is 26.9. The van der Waals surface area contributed by atoms with Crippen LogP contribution in [0.2, 0.25) is 6.04 Å². The molecule has 0 radical (unpaired) electrons. The Kier molecular flexibility index (Phi) is 46.3. The number of aromatic hydroxyl groups is 4. The van der Waals surface area contributed by atoms with Crippen molar-refractivity contribution in [2.45, 2.75) is 235 Å². The molecule has 0 saturated heterocycles. The zero-order valence-electron chi connectivity index (χ0n) is 56.9. The highest BCUT2D eigenvalue weighted by Crippen LogP contribution is 2.57. The molecule has 10 nitrogen and oxygen atoms in total. The zero-order chi connectivity index (χ0) is 67.5. The third kappa shape index (κ3) is 33.6. The fraction of sp³-hybridized carbons (Fsp3) is 0.662. The van der Waals surface area contributed by atoms with Gasteiger partial charge in [-0.3, -0.25) is 0 Å². The van der Waals surface area contributed by atoms with Crippen molar-refractivity contribution in [2.75, 3.05) is 46.4 Å². The predicted octanol–water partition coefficient (Wildman–Crippen LogP) is 16.8. The van der Waals surface area contributed by atoms with Crippen LogP contribution in [0.15, 0.2) is 72.8 Å². The Balaban J connectivity index is 0. The van der Waals surface area contributed by atoms with Gasteiger partial charge in [0, 0.05) is 25.6 Å². The first-order valence-corrected chi connectivity index (χ1v) is 34.4. The van der Waals surface area contributed by atoms with E-state index >= 15 is 0 Å². The van der Waals surface area contributed by atoms with Crippen molar-refractivity contribution < 1.29 is 51.2 Å². The fourth-order valence-corrected chi connectivity index (χ4v) is 10.1. The average molecular weight is 1270 g/mol. The van der Waals surface area contributed by atoms with Gasteiger partial charge >= 0.3 is 12.4 Å². The average Bonchev–Trinajstić information content (AvgIpc) is 1.20. The third-order valence-corrected chi connectivity index (χ3v) is 16.3. The molecule has 0 aliphatic heterocycles. The van der Waals surface area contributed by atoms with Gasteiger partial charge in [-0.15, -0.1) is 0 Å². The molecular formula is C71H123F6N5O5Si. The summed E-state index contributed by atoms with van der Waals surface area (Å²) in [6.07, 6.45) is 6.29. The van der Waals surface area contributed by atoms with E-state index in [2.05, 4.69) is 79.8 Å². The van der Waals surface area contributed by atoms with E-state index in [4.69, 9.17) is 27.4 Å². The van der Waals surface area contributed by atoms with Crippen LogP contribution in [0.5, 0.6) is 23.0 Å². The Labute approximate surface area is 532 Å². The number of unbranched alkanes of at least 4 members (excludes halogenated alkanes) is 6. The van der Waals surface area contributed by atoms with E-state index < -0.39 is 28.9 Å². The first-order chi connectivity index (χ1) is 41.4. The van der Waals surface area contributed by atoms with Crippen molar-refractivity contribution in [1.82, 2.24) is 5.32 Å². The number of benzene rings is 4.